The molecule has 0 fully saturated rings. The minimum Gasteiger partial charge on any atom is -0.468 e. The summed E-state index contributed by atoms with van der Waals surface area (Å²) in [5.74, 6) is -0.887. The Morgan fingerprint density at radius 2 is 2.53 bits per heavy atom. The van der Waals surface area contributed by atoms with E-state index in [9.17, 15) is 14.9 Å². The molecule has 0 aliphatic rings. The number of nitrogens with two attached hydrogens (primary N) is 1. The van der Waals surface area contributed by atoms with Crippen LogP contribution in [-0.4, -0.2) is 34.0 Å². The molecule has 1 aromatic rings. The topological polar surface area (TPSA) is 124 Å². The van der Waals surface area contributed by atoms with Crippen molar-refractivity contribution >= 4 is 11.8 Å². The molecule has 0 saturated carbocycles. The number of hydrogen-bond acceptors (Lipinski definition) is 6. The molecule has 0 radical (unpaired) electrons. The van der Waals surface area contributed by atoms with E-state index in [1.165, 1.54) is 13.4 Å². The molecule has 1 aromatic heterocycles. The summed E-state index contributed by atoms with van der Waals surface area (Å²) < 4.78 is 4.39. The summed E-state index contributed by atoms with van der Waals surface area (Å²) in [5, 5.41) is 10.5. The number of carbonyl (C=O) groups excluding carboxylic acids is 1. The molecule has 0 spiro atoms. The fourth-order valence-electron chi connectivity index (χ4n) is 1.07. The van der Waals surface area contributed by atoms with Gasteiger partial charge in [-0.1, -0.05) is 0 Å². The summed E-state index contributed by atoms with van der Waals surface area (Å²) >= 11 is 0. The van der Waals surface area contributed by atoms with Crippen LogP contribution in [0.1, 0.15) is 5.69 Å². The molecule has 0 unspecified atom stereocenters. The minimum absolute atomic E-state index is 0.0352. The van der Waals surface area contributed by atoms with Crippen LogP contribution in [0.3, 0.4) is 0 Å². The van der Waals surface area contributed by atoms with Gasteiger partial charge in [-0.25, -0.2) is 9.97 Å². The van der Waals surface area contributed by atoms with Crippen molar-refractivity contribution in [1.82, 2.24) is 9.97 Å². The number of carbonyl (C=O) groups is 1. The normalized spacial score (nSPS) is 12.1. The van der Waals surface area contributed by atoms with Crippen LogP contribution in [0.15, 0.2) is 6.33 Å². The van der Waals surface area contributed by atoms with E-state index in [1.54, 1.807) is 0 Å². The van der Waals surface area contributed by atoms with Crippen LogP contribution in [0.5, 0.6) is 0 Å². The maximum absolute atomic E-state index is 11.0. The predicted molar refractivity (Wildman–Crippen MR) is 48.9 cm³/mol. The third kappa shape index (κ3) is 2.50. The Kier molecular flexibility index (Phi) is 3.34. The number of esters is 1. The van der Waals surface area contributed by atoms with Crippen LogP contribution < -0.4 is 5.73 Å². The molecular formula is C7H10N4O4. The molecule has 82 valence electrons. The third-order valence-corrected chi connectivity index (χ3v) is 1.79. The molecule has 0 aliphatic heterocycles. The summed E-state index contributed by atoms with van der Waals surface area (Å²) in [6.45, 7) is 0. The van der Waals surface area contributed by atoms with Crippen molar-refractivity contribution < 1.29 is 14.5 Å². The number of rotatable bonds is 4. The van der Waals surface area contributed by atoms with Crippen molar-refractivity contribution in [3.05, 3.63) is 22.1 Å². The number of nitro groups is 1. The lowest BCUT2D eigenvalue weighted by atomic mass is 10.2. The smallest absolute Gasteiger partial charge is 0.343 e. The van der Waals surface area contributed by atoms with Gasteiger partial charge in [0.15, 0.2) is 6.33 Å². The highest BCUT2D eigenvalue weighted by Gasteiger charge is 2.22. The van der Waals surface area contributed by atoms with Gasteiger partial charge in [0, 0.05) is 6.42 Å². The highest BCUT2D eigenvalue weighted by molar-refractivity contribution is 5.75. The average Bonchev–Trinajstić information content (AvgIpc) is 2.64. The minimum atomic E-state index is -0.947. The van der Waals surface area contributed by atoms with Crippen molar-refractivity contribution in [1.29, 1.82) is 0 Å². The Balaban J connectivity index is 2.76. The largest absolute Gasteiger partial charge is 0.468 e. The molecule has 0 aromatic carbocycles. The molecule has 3 N–H and O–H groups in total. The van der Waals surface area contributed by atoms with Gasteiger partial charge in [-0.15, -0.1) is 0 Å². The summed E-state index contributed by atoms with van der Waals surface area (Å²) in [4.78, 5) is 26.9. The number of nitrogens with one attached hydrogen (secondary N) is 1. The van der Waals surface area contributed by atoms with Crippen molar-refractivity contribution in [2.24, 2.45) is 5.73 Å². The lowest BCUT2D eigenvalue weighted by molar-refractivity contribution is -0.390. The summed E-state index contributed by atoms with van der Waals surface area (Å²) in [6.07, 6.45) is 1.14. The van der Waals surface area contributed by atoms with Crippen LogP contribution in [0, 0.1) is 10.1 Å². The van der Waals surface area contributed by atoms with Crippen molar-refractivity contribution in [2.75, 3.05) is 7.11 Å². The van der Waals surface area contributed by atoms with E-state index in [1.807, 2.05) is 0 Å². The van der Waals surface area contributed by atoms with Crippen molar-refractivity contribution in [3.8, 4) is 0 Å². The molecule has 1 heterocycles. The summed E-state index contributed by atoms with van der Waals surface area (Å²) in [6, 6.07) is -0.947. The van der Waals surface area contributed by atoms with Crippen LogP contribution in [0.4, 0.5) is 5.82 Å². The number of hydrogen-bond donors (Lipinski definition) is 2. The van der Waals surface area contributed by atoms with Gasteiger partial charge in [0.1, 0.15) is 11.7 Å². The molecule has 1 rings (SSSR count). The van der Waals surface area contributed by atoms with Crippen LogP contribution in [0.25, 0.3) is 0 Å². The highest BCUT2D eigenvalue weighted by atomic mass is 16.6. The molecule has 8 heteroatoms. The standard InChI is InChI=1S/C7H10N4O4/c1-15-7(12)4(8)2-5-6(11(13)14)10-3-9-5/h3-4H,2,8H2,1H3,(H,9,10)/t4-/m0/s1. The first-order valence-electron chi connectivity index (χ1n) is 4.06. The first-order chi connectivity index (χ1) is 7.06. The number of imidazole rings is 1. The average molecular weight is 214 g/mol. The second-order valence-electron chi connectivity index (χ2n) is 2.79. The van der Waals surface area contributed by atoms with Gasteiger partial charge in [-0.05, 0) is 4.92 Å². The number of aromatic nitrogens is 2. The quantitative estimate of drug-likeness (QED) is 0.390. The molecule has 0 saturated heterocycles. The molecule has 0 bridgehead atoms. The zero-order valence-corrected chi connectivity index (χ0v) is 7.97. The van der Waals surface area contributed by atoms with E-state index in [2.05, 4.69) is 14.7 Å². The number of methoxy groups -OCH3 is 1. The first-order valence-corrected chi connectivity index (χ1v) is 4.06. The second-order valence-corrected chi connectivity index (χ2v) is 2.79. The Hall–Kier alpha value is -1.96. The molecular weight excluding hydrogens is 204 g/mol. The third-order valence-electron chi connectivity index (χ3n) is 1.79. The Labute approximate surface area is 84.6 Å². The number of nitrogens with zero attached hydrogens (tertiary/aromatic N) is 2. The predicted octanol–water partition coefficient (Wildman–Crippen LogP) is -0.639. The van der Waals surface area contributed by atoms with Gasteiger partial charge in [0.2, 0.25) is 0 Å². The van der Waals surface area contributed by atoms with Crippen LogP contribution in [-0.2, 0) is 16.0 Å². The monoisotopic (exact) mass is 214 g/mol. The van der Waals surface area contributed by atoms with Crippen LogP contribution in [0.2, 0.25) is 0 Å². The van der Waals surface area contributed by atoms with Gasteiger partial charge in [-0.2, -0.15) is 0 Å². The fourth-order valence-corrected chi connectivity index (χ4v) is 1.07. The molecule has 0 amide bonds. The van der Waals surface area contributed by atoms with E-state index in [0.717, 1.165) is 0 Å². The Morgan fingerprint density at radius 3 is 3.07 bits per heavy atom. The lowest BCUT2D eigenvalue weighted by Crippen LogP contribution is -2.33. The molecule has 8 nitrogen and oxygen atoms in total. The first kappa shape index (κ1) is 11.1. The van der Waals surface area contributed by atoms with Crippen molar-refractivity contribution in [3.63, 3.8) is 0 Å². The zero-order valence-electron chi connectivity index (χ0n) is 7.97. The van der Waals surface area contributed by atoms with E-state index < -0.39 is 16.9 Å². The SMILES string of the molecule is COC(=O)[C@@H](N)Cc1nc[nH]c1[N+](=O)[O-]. The lowest BCUT2D eigenvalue weighted by Gasteiger charge is -2.06. The summed E-state index contributed by atoms with van der Waals surface area (Å²) in [5.41, 5.74) is 5.57. The molecule has 1 atom stereocenters. The fraction of sp³-hybridized carbons (Fsp3) is 0.429. The van der Waals surface area contributed by atoms with Crippen LogP contribution >= 0.6 is 0 Å². The second kappa shape index (κ2) is 4.51. The molecule has 15 heavy (non-hydrogen) atoms. The van der Waals surface area contributed by atoms with Crippen molar-refractivity contribution in [2.45, 2.75) is 12.5 Å². The maximum Gasteiger partial charge on any atom is 0.343 e. The number of aromatic amines is 1. The molecule has 0 aliphatic carbocycles. The van der Waals surface area contributed by atoms with Gasteiger partial charge in [-0.3, -0.25) is 4.79 Å². The highest BCUT2D eigenvalue weighted by Crippen LogP contribution is 2.13. The van der Waals surface area contributed by atoms with Gasteiger partial charge in [0.25, 0.3) is 0 Å². The summed E-state index contributed by atoms with van der Waals surface area (Å²) in [7, 11) is 1.20. The Morgan fingerprint density at radius 1 is 1.87 bits per heavy atom. The van der Waals surface area contributed by atoms with E-state index in [0.29, 0.717) is 0 Å². The van der Waals surface area contributed by atoms with E-state index in [4.69, 9.17) is 5.73 Å². The maximum atomic E-state index is 11.0. The van der Waals surface area contributed by atoms with Gasteiger partial charge < -0.3 is 20.6 Å². The van der Waals surface area contributed by atoms with E-state index >= 15 is 0 Å². The van der Waals surface area contributed by atoms with Gasteiger partial charge >= 0.3 is 11.8 Å². The van der Waals surface area contributed by atoms with E-state index in [-0.39, 0.29) is 17.9 Å². The zero-order chi connectivity index (χ0) is 11.4. The number of ether oxygens (including phenoxy) is 1. The van der Waals surface area contributed by atoms with Gasteiger partial charge in [0.05, 0.1) is 7.11 Å². The Bertz CT molecular complexity index is 375. The number of H-pyrrole nitrogens is 1.